The van der Waals surface area contributed by atoms with Crippen LogP contribution in [0.25, 0.3) is 0 Å². The molecule has 1 aromatic carbocycles. The van der Waals surface area contributed by atoms with Crippen molar-refractivity contribution in [3.63, 3.8) is 0 Å². The lowest BCUT2D eigenvalue weighted by Gasteiger charge is -2.23. The number of hydrogen-bond donors (Lipinski definition) is 1. The summed E-state index contributed by atoms with van der Waals surface area (Å²) >= 11 is 0. The van der Waals surface area contributed by atoms with Gasteiger partial charge in [-0.3, -0.25) is 0 Å². The van der Waals surface area contributed by atoms with Crippen molar-refractivity contribution in [2.24, 2.45) is 0 Å². The van der Waals surface area contributed by atoms with Crippen molar-refractivity contribution in [1.82, 2.24) is 4.90 Å². The molecule has 0 aliphatic rings. The number of hydrogen-bond acceptors (Lipinski definition) is 3. The number of rotatable bonds is 9. The van der Waals surface area contributed by atoms with Gasteiger partial charge in [-0.15, -0.1) is 0 Å². The van der Waals surface area contributed by atoms with Crippen molar-refractivity contribution < 1.29 is 9.84 Å². The summed E-state index contributed by atoms with van der Waals surface area (Å²) in [5.74, 6) is 0.874. The Labute approximate surface area is 117 Å². The van der Waals surface area contributed by atoms with Gasteiger partial charge in [0, 0.05) is 6.54 Å². The van der Waals surface area contributed by atoms with Gasteiger partial charge in [-0.2, -0.15) is 0 Å². The molecule has 1 aromatic rings. The molecular weight excluding hydrogens is 238 g/mol. The van der Waals surface area contributed by atoms with E-state index >= 15 is 0 Å². The summed E-state index contributed by atoms with van der Waals surface area (Å²) in [7, 11) is 0. The maximum atomic E-state index is 10.2. The zero-order valence-corrected chi connectivity index (χ0v) is 12.4. The predicted molar refractivity (Wildman–Crippen MR) is 79.6 cm³/mol. The second-order valence-corrected chi connectivity index (χ2v) is 4.83. The molecule has 1 N–H and O–H groups in total. The van der Waals surface area contributed by atoms with Gasteiger partial charge in [0.25, 0.3) is 0 Å². The second kappa shape index (κ2) is 8.94. The van der Waals surface area contributed by atoms with Gasteiger partial charge in [-0.1, -0.05) is 32.9 Å². The number of ether oxygens (including phenoxy) is 1. The molecule has 0 amide bonds. The first-order chi connectivity index (χ1) is 9.21. The summed E-state index contributed by atoms with van der Waals surface area (Å²) < 4.78 is 5.54. The zero-order chi connectivity index (χ0) is 14.1. The van der Waals surface area contributed by atoms with Crippen LogP contribution in [0, 0.1) is 0 Å². The van der Waals surface area contributed by atoms with Crippen LogP contribution in [0.5, 0.6) is 5.75 Å². The largest absolute Gasteiger partial charge is 0.494 e. The average molecular weight is 265 g/mol. The Bertz CT molecular complexity index is 337. The minimum atomic E-state index is -0.424. The van der Waals surface area contributed by atoms with Crippen LogP contribution in [-0.2, 0) is 0 Å². The fourth-order valence-corrected chi connectivity index (χ4v) is 2.05. The predicted octanol–water partition coefficient (Wildman–Crippen LogP) is 3.24. The summed E-state index contributed by atoms with van der Waals surface area (Å²) in [6, 6.07) is 7.78. The molecule has 0 saturated heterocycles. The van der Waals surface area contributed by atoms with Crippen LogP contribution in [-0.4, -0.2) is 36.2 Å². The second-order valence-electron chi connectivity index (χ2n) is 4.83. The molecule has 0 saturated carbocycles. The number of nitrogens with zero attached hydrogens (tertiary/aromatic N) is 1. The van der Waals surface area contributed by atoms with Crippen LogP contribution >= 0.6 is 0 Å². The topological polar surface area (TPSA) is 32.7 Å². The van der Waals surface area contributed by atoms with Gasteiger partial charge < -0.3 is 14.7 Å². The van der Waals surface area contributed by atoms with Crippen molar-refractivity contribution in [2.45, 2.75) is 39.7 Å². The van der Waals surface area contributed by atoms with Gasteiger partial charge >= 0.3 is 0 Å². The molecule has 3 nitrogen and oxygen atoms in total. The Morgan fingerprint density at radius 2 is 1.79 bits per heavy atom. The fourth-order valence-electron chi connectivity index (χ4n) is 2.05. The molecule has 0 aromatic heterocycles. The van der Waals surface area contributed by atoms with E-state index in [-0.39, 0.29) is 0 Å². The molecule has 0 spiro atoms. The Morgan fingerprint density at radius 1 is 1.11 bits per heavy atom. The fraction of sp³-hybridized carbons (Fsp3) is 0.625. The zero-order valence-electron chi connectivity index (χ0n) is 12.4. The van der Waals surface area contributed by atoms with Crippen molar-refractivity contribution >= 4 is 0 Å². The first kappa shape index (κ1) is 16.0. The highest BCUT2D eigenvalue weighted by Crippen LogP contribution is 2.19. The summed E-state index contributed by atoms with van der Waals surface area (Å²) in [4.78, 5) is 2.27. The van der Waals surface area contributed by atoms with Crippen molar-refractivity contribution in [3.05, 3.63) is 29.8 Å². The van der Waals surface area contributed by atoms with E-state index in [0.29, 0.717) is 6.54 Å². The van der Waals surface area contributed by atoms with Gasteiger partial charge in [-0.25, -0.2) is 0 Å². The lowest BCUT2D eigenvalue weighted by molar-refractivity contribution is 0.116. The third kappa shape index (κ3) is 5.62. The maximum Gasteiger partial charge on any atom is 0.119 e. The van der Waals surface area contributed by atoms with Gasteiger partial charge in [0.05, 0.1) is 12.7 Å². The monoisotopic (exact) mass is 265 g/mol. The molecule has 0 bridgehead atoms. The third-order valence-corrected chi connectivity index (χ3v) is 3.16. The highest BCUT2D eigenvalue weighted by molar-refractivity contribution is 5.28. The van der Waals surface area contributed by atoms with Gasteiger partial charge in [0.15, 0.2) is 0 Å². The summed E-state index contributed by atoms with van der Waals surface area (Å²) in [5, 5.41) is 10.2. The van der Waals surface area contributed by atoms with Crippen molar-refractivity contribution in [1.29, 1.82) is 0 Å². The molecule has 0 heterocycles. The van der Waals surface area contributed by atoms with Crippen LogP contribution < -0.4 is 4.74 Å². The number of likely N-dealkylation sites (N-methyl/N-ethyl adjacent to an activating group) is 1. The first-order valence-electron chi connectivity index (χ1n) is 7.34. The lowest BCUT2D eigenvalue weighted by atomic mass is 10.1. The van der Waals surface area contributed by atoms with E-state index < -0.39 is 6.10 Å². The highest BCUT2D eigenvalue weighted by atomic mass is 16.5. The molecule has 0 fully saturated rings. The summed E-state index contributed by atoms with van der Waals surface area (Å²) in [6.07, 6.45) is 1.70. The number of aliphatic hydroxyl groups excluding tert-OH is 1. The molecule has 1 rings (SSSR count). The molecule has 3 heteroatoms. The quantitative estimate of drug-likeness (QED) is 0.744. The standard InChI is InChI=1S/C16H27NO2/c1-4-11-17(6-3)13-16(18)14-7-9-15(10-8-14)19-12-5-2/h7-10,16,18H,4-6,11-13H2,1-3H3. The minimum Gasteiger partial charge on any atom is -0.494 e. The molecule has 108 valence electrons. The minimum absolute atomic E-state index is 0.424. The molecule has 0 radical (unpaired) electrons. The molecule has 0 aliphatic heterocycles. The number of benzene rings is 1. The maximum absolute atomic E-state index is 10.2. The van der Waals surface area contributed by atoms with E-state index in [1.807, 2.05) is 24.3 Å². The van der Waals surface area contributed by atoms with Gasteiger partial charge in [0.2, 0.25) is 0 Å². The Balaban J connectivity index is 2.54. The van der Waals surface area contributed by atoms with Crippen molar-refractivity contribution in [3.8, 4) is 5.75 Å². The van der Waals surface area contributed by atoms with E-state index in [2.05, 4.69) is 25.7 Å². The Hall–Kier alpha value is -1.06. The van der Waals surface area contributed by atoms with E-state index in [1.54, 1.807) is 0 Å². The molecule has 19 heavy (non-hydrogen) atoms. The van der Waals surface area contributed by atoms with Crippen molar-refractivity contribution in [2.75, 3.05) is 26.2 Å². The lowest BCUT2D eigenvalue weighted by Crippen LogP contribution is -2.29. The van der Waals surface area contributed by atoms with Crippen LogP contribution in [0.2, 0.25) is 0 Å². The first-order valence-corrected chi connectivity index (χ1v) is 7.34. The van der Waals surface area contributed by atoms with Crippen LogP contribution in [0.4, 0.5) is 0 Å². The molecular formula is C16H27NO2. The van der Waals surface area contributed by atoms with Crippen LogP contribution in [0.1, 0.15) is 45.3 Å². The molecule has 0 aliphatic carbocycles. The SMILES string of the molecule is CCCOc1ccc(C(O)CN(CC)CCC)cc1. The van der Waals surface area contributed by atoms with Gasteiger partial charge in [-0.05, 0) is 43.6 Å². The van der Waals surface area contributed by atoms with E-state index in [1.165, 1.54) is 0 Å². The van der Waals surface area contributed by atoms with E-state index in [9.17, 15) is 5.11 Å². The summed E-state index contributed by atoms with van der Waals surface area (Å²) in [6.45, 7) is 9.82. The number of aliphatic hydroxyl groups is 1. The van der Waals surface area contributed by atoms with Gasteiger partial charge in [0.1, 0.15) is 5.75 Å². The van der Waals surface area contributed by atoms with Crippen LogP contribution in [0.15, 0.2) is 24.3 Å². The summed E-state index contributed by atoms with van der Waals surface area (Å²) in [5.41, 5.74) is 0.957. The van der Waals surface area contributed by atoms with E-state index in [4.69, 9.17) is 4.74 Å². The third-order valence-electron chi connectivity index (χ3n) is 3.16. The molecule has 1 unspecified atom stereocenters. The normalized spacial score (nSPS) is 12.7. The smallest absolute Gasteiger partial charge is 0.119 e. The van der Waals surface area contributed by atoms with Crippen LogP contribution in [0.3, 0.4) is 0 Å². The van der Waals surface area contributed by atoms with E-state index in [0.717, 1.165) is 43.9 Å². The molecule has 1 atom stereocenters. The Kier molecular flexibility index (Phi) is 7.53. The Morgan fingerprint density at radius 3 is 2.32 bits per heavy atom. The average Bonchev–Trinajstić information content (AvgIpc) is 2.45. The highest BCUT2D eigenvalue weighted by Gasteiger charge is 2.11.